The normalized spacial score (nSPS) is 10.4. The lowest BCUT2D eigenvalue weighted by Gasteiger charge is -2.12. The molecule has 0 saturated carbocycles. The van der Waals surface area contributed by atoms with Crippen LogP contribution in [0.2, 0.25) is 0 Å². The molecule has 0 bridgehead atoms. The van der Waals surface area contributed by atoms with E-state index in [2.05, 4.69) is 12.0 Å². The molecule has 0 fully saturated rings. The summed E-state index contributed by atoms with van der Waals surface area (Å²) in [6.07, 6.45) is 3.45. The zero-order valence-electron chi connectivity index (χ0n) is 10.8. The number of aromatic nitrogens is 2. The van der Waals surface area contributed by atoms with Crippen molar-refractivity contribution >= 4 is 29.0 Å². The summed E-state index contributed by atoms with van der Waals surface area (Å²) >= 11 is 6.83. The van der Waals surface area contributed by atoms with E-state index >= 15 is 0 Å². The average Bonchev–Trinajstić information content (AvgIpc) is 2.75. The van der Waals surface area contributed by atoms with Crippen LogP contribution in [0.5, 0.6) is 11.5 Å². The molecule has 0 spiro atoms. The Morgan fingerprint density at radius 3 is 2.89 bits per heavy atom. The Labute approximate surface area is 121 Å². The number of nitrogens with two attached hydrogens (primary N) is 1. The summed E-state index contributed by atoms with van der Waals surface area (Å²) in [6, 6.07) is 5.80. The highest BCUT2D eigenvalue weighted by Crippen LogP contribution is 2.32. The van der Waals surface area contributed by atoms with Crippen molar-refractivity contribution in [3.63, 3.8) is 0 Å². The number of rotatable bonds is 5. The first-order valence-electron chi connectivity index (χ1n) is 5.84. The molecule has 0 saturated heterocycles. The van der Waals surface area contributed by atoms with Gasteiger partial charge in [-0.15, -0.1) is 11.8 Å². The minimum Gasteiger partial charge on any atom is -0.453 e. The molecule has 2 N–H and O–H groups in total. The third-order valence-electron chi connectivity index (χ3n) is 2.44. The summed E-state index contributed by atoms with van der Waals surface area (Å²) in [6.45, 7) is 2.09. The summed E-state index contributed by atoms with van der Waals surface area (Å²) in [4.78, 5) is 1.38. The van der Waals surface area contributed by atoms with Crippen molar-refractivity contribution in [2.45, 2.75) is 11.8 Å². The van der Waals surface area contributed by atoms with Crippen molar-refractivity contribution in [1.29, 1.82) is 0 Å². The lowest BCUT2D eigenvalue weighted by atomic mass is 10.2. The largest absolute Gasteiger partial charge is 0.453 e. The van der Waals surface area contributed by atoms with Crippen molar-refractivity contribution in [2.24, 2.45) is 12.8 Å². The van der Waals surface area contributed by atoms with Gasteiger partial charge < -0.3 is 10.5 Å². The van der Waals surface area contributed by atoms with E-state index in [0.29, 0.717) is 16.5 Å². The molecule has 0 aliphatic heterocycles. The van der Waals surface area contributed by atoms with Crippen LogP contribution in [0.15, 0.2) is 35.5 Å². The average molecular weight is 293 g/mol. The molecule has 0 atom stereocenters. The number of thiocarbonyl (C=S) groups is 1. The molecule has 1 aromatic heterocycles. The van der Waals surface area contributed by atoms with Crippen LogP contribution >= 0.6 is 24.0 Å². The van der Waals surface area contributed by atoms with Crippen LogP contribution in [-0.4, -0.2) is 20.5 Å². The second-order valence-corrected chi connectivity index (χ2v) is 5.62. The first-order valence-corrected chi connectivity index (χ1v) is 7.23. The van der Waals surface area contributed by atoms with Crippen molar-refractivity contribution in [3.8, 4) is 11.5 Å². The second-order valence-electron chi connectivity index (χ2n) is 3.88. The van der Waals surface area contributed by atoms with Crippen LogP contribution < -0.4 is 10.5 Å². The van der Waals surface area contributed by atoms with Gasteiger partial charge in [-0.1, -0.05) is 25.2 Å². The first kappa shape index (κ1) is 13.9. The molecule has 0 radical (unpaired) electrons. The monoisotopic (exact) mass is 293 g/mol. The predicted molar refractivity (Wildman–Crippen MR) is 82.0 cm³/mol. The van der Waals surface area contributed by atoms with E-state index in [4.69, 9.17) is 22.7 Å². The van der Waals surface area contributed by atoms with Crippen LogP contribution in [0, 0.1) is 0 Å². The molecule has 0 amide bonds. The van der Waals surface area contributed by atoms with E-state index in [1.807, 2.05) is 25.2 Å². The van der Waals surface area contributed by atoms with Crippen molar-refractivity contribution in [2.75, 3.05) is 5.75 Å². The fourth-order valence-corrected chi connectivity index (χ4v) is 2.81. The lowest BCUT2D eigenvalue weighted by molar-refractivity contribution is 0.479. The SMILES string of the molecule is CCSc1cccc(Oc2cnn(C)c2)c1C(N)=S. The Kier molecular flexibility index (Phi) is 4.44. The number of nitrogens with zero attached hydrogens (tertiary/aromatic N) is 2. The standard InChI is InChI=1S/C13H15N3OS2/c1-3-19-11-6-4-5-10(12(11)13(14)18)17-9-7-15-16(2)8-9/h4-8H,3H2,1-2H3,(H2,14,18). The highest BCUT2D eigenvalue weighted by Gasteiger charge is 2.13. The zero-order chi connectivity index (χ0) is 13.8. The van der Waals surface area contributed by atoms with Gasteiger partial charge in [0.05, 0.1) is 18.0 Å². The molecule has 6 heteroatoms. The smallest absolute Gasteiger partial charge is 0.165 e. The quantitative estimate of drug-likeness (QED) is 0.678. The van der Waals surface area contributed by atoms with Gasteiger partial charge in [0.2, 0.25) is 0 Å². The number of aryl methyl sites for hydroxylation is 1. The van der Waals surface area contributed by atoms with Crippen LogP contribution in [0.25, 0.3) is 0 Å². The van der Waals surface area contributed by atoms with Crippen LogP contribution in [0.1, 0.15) is 12.5 Å². The van der Waals surface area contributed by atoms with Crippen molar-refractivity contribution < 1.29 is 4.74 Å². The molecule has 4 nitrogen and oxygen atoms in total. The minimum absolute atomic E-state index is 0.343. The van der Waals surface area contributed by atoms with Gasteiger partial charge in [-0.25, -0.2) is 0 Å². The van der Waals surface area contributed by atoms with Gasteiger partial charge in [-0.2, -0.15) is 5.10 Å². The van der Waals surface area contributed by atoms with Gasteiger partial charge in [0, 0.05) is 11.9 Å². The molecule has 19 heavy (non-hydrogen) atoms. The van der Waals surface area contributed by atoms with Crippen LogP contribution in [0.3, 0.4) is 0 Å². The summed E-state index contributed by atoms with van der Waals surface area (Å²) in [7, 11) is 1.84. The fraction of sp³-hybridized carbons (Fsp3) is 0.231. The maximum Gasteiger partial charge on any atom is 0.165 e. The highest BCUT2D eigenvalue weighted by molar-refractivity contribution is 7.99. The molecule has 1 aromatic carbocycles. The van der Waals surface area contributed by atoms with E-state index in [0.717, 1.165) is 16.2 Å². The molecule has 100 valence electrons. The highest BCUT2D eigenvalue weighted by atomic mass is 32.2. The molecule has 0 aliphatic carbocycles. The lowest BCUT2D eigenvalue weighted by Crippen LogP contribution is -2.12. The summed E-state index contributed by atoms with van der Waals surface area (Å²) in [5, 5.41) is 4.07. The molecular weight excluding hydrogens is 278 g/mol. The van der Waals surface area contributed by atoms with Crippen LogP contribution in [-0.2, 0) is 7.05 Å². The summed E-state index contributed by atoms with van der Waals surface area (Å²) in [5.74, 6) is 2.28. The van der Waals surface area contributed by atoms with Gasteiger partial charge in [0.15, 0.2) is 5.75 Å². The Bertz CT molecular complexity index is 595. The molecule has 0 unspecified atom stereocenters. The fourth-order valence-electron chi connectivity index (χ4n) is 1.69. The number of hydrogen-bond donors (Lipinski definition) is 1. The number of ether oxygens (including phenoxy) is 1. The van der Waals surface area contributed by atoms with E-state index in [9.17, 15) is 0 Å². The summed E-state index contributed by atoms with van der Waals surface area (Å²) < 4.78 is 7.50. The third-order valence-corrected chi connectivity index (χ3v) is 3.59. The Morgan fingerprint density at radius 2 is 2.32 bits per heavy atom. The number of benzene rings is 1. The summed E-state index contributed by atoms with van der Waals surface area (Å²) in [5.41, 5.74) is 6.61. The van der Waals surface area contributed by atoms with Gasteiger partial charge in [0.25, 0.3) is 0 Å². The van der Waals surface area contributed by atoms with E-state index in [-0.39, 0.29) is 0 Å². The van der Waals surface area contributed by atoms with Crippen LogP contribution in [0.4, 0.5) is 0 Å². The Morgan fingerprint density at radius 1 is 1.53 bits per heavy atom. The van der Waals surface area contributed by atoms with Crippen molar-refractivity contribution in [1.82, 2.24) is 9.78 Å². The number of thioether (sulfide) groups is 1. The van der Waals surface area contributed by atoms with E-state index in [1.54, 1.807) is 28.8 Å². The molecule has 0 aliphatic rings. The van der Waals surface area contributed by atoms with E-state index in [1.165, 1.54) is 0 Å². The predicted octanol–water partition coefficient (Wildman–Crippen LogP) is 2.96. The Hall–Kier alpha value is -1.53. The molecule has 2 rings (SSSR count). The molecular formula is C13H15N3OS2. The minimum atomic E-state index is 0.343. The first-order chi connectivity index (χ1) is 9.11. The van der Waals surface area contributed by atoms with Crippen molar-refractivity contribution in [3.05, 3.63) is 36.2 Å². The maximum atomic E-state index is 5.82. The number of hydrogen-bond acceptors (Lipinski definition) is 4. The molecule has 2 aromatic rings. The third kappa shape index (κ3) is 3.27. The van der Waals surface area contributed by atoms with Gasteiger partial charge >= 0.3 is 0 Å². The maximum absolute atomic E-state index is 5.82. The van der Waals surface area contributed by atoms with Gasteiger partial charge in [-0.3, -0.25) is 4.68 Å². The molecule has 1 heterocycles. The topological polar surface area (TPSA) is 53.1 Å². The Balaban J connectivity index is 2.38. The van der Waals surface area contributed by atoms with E-state index < -0.39 is 0 Å². The van der Waals surface area contributed by atoms with Gasteiger partial charge in [0.1, 0.15) is 10.7 Å². The second kappa shape index (κ2) is 6.08. The zero-order valence-corrected chi connectivity index (χ0v) is 12.4. The van der Waals surface area contributed by atoms with Gasteiger partial charge in [-0.05, 0) is 17.9 Å².